The summed E-state index contributed by atoms with van der Waals surface area (Å²) in [7, 11) is 0. The first-order valence-corrected chi connectivity index (χ1v) is 5.88. The number of rotatable bonds is 4. The molecule has 1 fully saturated rings. The van der Waals surface area contributed by atoms with Gasteiger partial charge in [0, 0.05) is 12.6 Å². The number of hydrogen-bond acceptors (Lipinski definition) is 4. The molecule has 1 aliphatic heterocycles. The normalized spacial score (nSPS) is 14.8. The van der Waals surface area contributed by atoms with Crippen LogP contribution in [0.15, 0.2) is 30.3 Å². The number of hydroxylamine groups is 1. The molecule has 0 radical (unpaired) electrons. The van der Waals surface area contributed by atoms with Crippen LogP contribution >= 0.6 is 0 Å². The van der Waals surface area contributed by atoms with Crippen molar-refractivity contribution in [1.29, 1.82) is 0 Å². The summed E-state index contributed by atoms with van der Waals surface area (Å²) in [6, 6.07) is 6.75. The van der Waals surface area contributed by atoms with Gasteiger partial charge in [0.25, 0.3) is 5.91 Å². The van der Waals surface area contributed by atoms with Crippen molar-refractivity contribution in [1.82, 2.24) is 15.7 Å². The lowest BCUT2D eigenvalue weighted by Crippen LogP contribution is -2.27. The van der Waals surface area contributed by atoms with E-state index in [2.05, 4.69) is 5.32 Å². The lowest BCUT2D eigenvalue weighted by atomic mass is 10.1. The molecule has 0 atom stereocenters. The van der Waals surface area contributed by atoms with Crippen LogP contribution in [0.3, 0.4) is 0 Å². The van der Waals surface area contributed by atoms with Gasteiger partial charge in [-0.05, 0) is 17.2 Å². The third-order valence-electron chi connectivity index (χ3n) is 2.76. The third-order valence-corrected chi connectivity index (χ3v) is 2.76. The molecule has 3 N–H and O–H groups in total. The van der Waals surface area contributed by atoms with Crippen molar-refractivity contribution in [3.8, 4) is 0 Å². The Morgan fingerprint density at radius 2 is 2.05 bits per heavy atom. The van der Waals surface area contributed by atoms with Crippen molar-refractivity contribution in [2.75, 3.05) is 6.54 Å². The van der Waals surface area contributed by atoms with Crippen LogP contribution in [0.5, 0.6) is 0 Å². The number of carbonyl (C=O) groups excluding carboxylic acids is 3. The molecule has 7 heteroatoms. The molecule has 104 valence electrons. The Morgan fingerprint density at radius 1 is 1.35 bits per heavy atom. The molecular weight excluding hydrogens is 262 g/mol. The van der Waals surface area contributed by atoms with Crippen molar-refractivity contribution in [3.63, 3.8) is 0 Å². The number of imide groups is 1. The largest absolute Gasteiger partial charge is 0.324 e. The highest BCUT2D eigenvalue weighted by Crippen LogP contribution is 2.10. The van der Waals surface area contributed by atoms with E-state index in [4.69, 9.17) is 5.21 Å². The van der Waals surface area contributed by atoms with Gasteiger partial charge < -0.3 is 4.90 Å². The lowest BCUT2D eigenvalue weighted by molar-refractivity contribution is -0.124. The topological polar surface area (TPSA) is 98.7 Å². The maximum absolute atomic E-state index is 11.4. The molecule has 1 aromatic carbocycles. The summed E-state index contributed by atoms with van der Waals surface area (Å²) in [6.45, 7) is 0.413. The Hall–Kier alpha value is -2.67. The first kappa shape index (κ1) is 13.8. The van der Waals surface area contributed by atoms with Gasteiger partial charge in [0.05, 0.1) is 0 Å². The van der Waals surface area contributed by atoms with Crippen molar-refractivity contribution in [3.05, 3.63) is 41.5 Å². The predicted molar refractivity (Wildman–Crippen MR) is 69.4 cm³/mol. The zero-order chi connectivity index (χ0) is 14.5. The molecule has 0 aromatic heterocycles. The zero-order valence-corrected chi connectivity index (χ0v) is 10.5. The minimum atomic E-state index is -0.610. The molecule has 4 amide bonds. The van der Waals surface area contributed by atoms with Crippen molar-refractivity contribution >= 4 is 23.9 Å². The summed E-state index contributed by atoms with van der Waals surface area (Å²) < 4.78 is 0. The molecule has 1 aromatic rings. The van der Waals surface area contributed by atoms with Gasteiger partial charge in [0.15, 0.2) is 0 Å². The Labute approximate surface area is 114 Å². The number of urea groups is 1. The standard InChI is InChI=1S/C13H13N3O4/c17-11(15-20)6-5-9-1-3-10(4-2-9)7-16-8-12(18)14-13(16)19/h1-6,20H,7-8H2,(H,15,17)(H,14,18,19)/b6-5+. The molecule has 1 heterocycles. The summed E-state index contributed by atoms with van der Waals surface area (Å²) >= 11 is 0. The van der Waals surface area contributed by atoms with Crippen molar-refractivity contribution in [2.24, 2.45) is 0 Å². The Bertz CT molecular complexity index is 565. The molecule has 7 nitrogen and oxygen atoms in total. The summed E-state index contributed by atoms with van der Waals surface area (Å²) in [5, 5.41) is 10.5. The van der Waals surface area contributed by atoms with Crippen molar-refractivity contribution in [2.45, 2.75) is 6.54 Å². The fourth-order valence-corrected chi connectivity index (χ4v) is 1.77. The number of carbonyl (C=O) groups is 3. The molecule has 20 heavy (non-hydrogen) atoms. The molecule has 0 bridgehead atoms. The van der Waals surface area contributed by atoms with Crippen LogP contribution in [0, 0.1) is 0 Å². The van der Waals surface area contributed by atoms with E-state index in [1.54, 1.807) is 30.3 Å². The summed E-state index contributed by atoms with van der Waals surface area (Å²) in [6.07, 6.45) is 2.74. The average molecular weight is 275 g/mol. The van der Waals surface area contributed by atoms with Gasteiger partial charge in [-0.15, -0.1) is 0 Å². The van der Waals surface area contributed by atoms with E-state index in [9.17, 15) is 14.4 Å². The molecule has 0 saturated carbocycles. The number of nitrogens with zero attached hydrogens (tertiary/aromatic N) is 1. The van der Waals surface area contributed by atoms with E-state index >= 15 is 0 Å². The van der Waals surface area contributed by atoms with Gasteiger partial charge >= 0.3 is 6.03 Å². The van der Waals surface area contributed by atoms with E-state index in [0.717, 1.165) is 11.1 Å². The maximum atomic E-state index is 11.4. The quantitative estimate of drug-likeness (QED) is 0.317. The van der Waals surface area contributed by atoms with Crippen molar-refractivity contribution < 1.29 is 19.6 Å². The molecule has 1 aliphatic rings. The Kier molecular flexibility index (Phi) is 4.11. The van der Waals surface area contributed by atoms with E-state index in [1.807, 2.05) is 0 Å². The molecule has 0 spiro atoms. The van der Waals surface area contributed by atoms with Gasteiger partial charge in [-0.25, -0.2) is 10.3 Å². The molecule has 1 saturated heterocycles. The van der Waals surface area contributed by atoms with Crippen LogP contribution in [0.1, 0.15) is 11.1 Å². The van der Waals surface area contributed by atoms with Gasteiger partial charge in [-0.3, -0.25) is 20.1 Å². The highest BCUT2D eigenvalue weighted by Gasteiger charge is 2.26. The fraction of sp³-hybridized carbons (Fsp3) is 0.154. The monoisotopic (exact) mass is 275 g/mol. The first-order valence-electron chi connectivity index (χ1n) is 5.88. The number of benzene rings is 1. The smallest absolute Gasteiger partial charge is 0.311 e. The number of amides is 4. The van der Waals surface area contributed by atoms with Crippen LogP contribution in [-0.2, 0) is 16.1 Å². The second-order valence-electron chi connectivity index (χ2n) is 4.26. The molecule has 0 unspecified atom stereocenters. The molecule has 0 aliphatic carbocycles. The Balaban J connectivity index is 1.98. The van der Waals surface area contributed by atoms with Crippen LogP contribution in [-0.4, -0.2) is 34.5 Å². The summed E-state index contributed by atoms with van der Waals surface area (Å²) in [4.78, 5) is 34.7. The van der Waals surface area contributed by atoms with E-state index in [0.29, 0.717) is 6.54 Å². The highest BCUT2D eigenvalue weighted by atomic mass is 16.5. The fourth-order valence-electron chi connectivity index (χ4n) is 1.77. The second-order valence-corrected chi connectivity index (χ2v) is 4.26. The van der Waals surface area contributed by atoms with Crippen LogP contribution < -0.4 is 10.8 Å². The summed E-state index contributed by atoms with van der Waals surface area (Å²) in [5.41, 5.74) is 3.15. The van der Waals surface area contributed by atoms with E-state index in [-0.39, 0.29) is 12.5 Å². The van der Waals surface area contributed by atoms with Crippen LogP contribution in [0.2, 0.25) is 0 Å². The lowest BCUT2D eigenvalue weighted by Gasteiger charge is -2.12. The average Bonchev–Trinajstić information content (AvgIpc) is 2.75. The van der Waals surface area contributed by atoms with Gasteiger partial charge in [-0.2, -0.15) is 0 Å². The highest BCUT2D eigenvalue weighted by molar-refractivity contribution is 6.01. The first-order chi connectivity index (χ1) is 9.58. The van der Waals surface area contributed by atoms with Gasteiger partial charge in [-0.1, -0.05) is 24.3 Å². The molecular formula is C13H13N3O4. The van der Waals surface area contributed by atoms with E-state index in [1.165, 1.54) is 16.5 Å². The minimum absolute atomic E-state index is 0.0666. The number of hydrogen-bond donors (Lipinski definition) is 3. The Morgan fingerprint density at radius 3 is 2.60 bits per heavy atom. The SMILES string of the molecule is O=C(/C=C/c1ccc(CN2CC(=O)NC2=O)cc1)NO. The predicted octanol–water partition coefficient (Wildman–Crippen LogP) is 0.257. The second kappa shape index (κ2) is 5.98. The minimum Gasteiger partial charge on any atom is -0.311 e. The van der Waals surface area contributed by atoms with E-state index < -0.39 is 11.9 Å². The number of nitrogens with one attached hydrogen (secondary N) is 2. The maximum Gasteiger partial charge on any atom is 0.324 e. The zero-order valence-electron chi connectivity index (χ0n) is 10.5. The summed E-state index contributed by atoms with van der Waals surface area (Å²) in [5.74, 6) is -0.911. The van der Waals surface area contributed by atoms with Gasteiger partial charge in [0.1, 0.15) is 6.54 Å². The molecule has 2 rings (SSSR count). The van der Waals surface area contributed by atoms with Crippen LogP contribution in [0.4, 0.5) is 4.79 Å². The third kappa shape index (κ3) is 3.42. The van der Waals surface area contributed by atoms with Crippen LogP contribution in [0.25, 0.3) is 6.08 Å². The van der Waals surface area contributed by atoms with Gasteiger partial charge in [0.2, 0.25) is 5.91 Å².